The van der Waals surface area contributed by atoms with E-state index in [1.165, 1.54) is 4.68 Å². The summed E-state index contributed by atoms with van der Waals surface area (Å²) in [4.78, 5) is 30.5. The third-order valence-electron chi connectivity index (χ3n) is 4.50. The molecule has 3 rings (SSSR count). The summed E-state index contributed by atoms with van der Waals surface area (Å²) in [6, 6.07) is 0. The summed E-state index contributed by atoms with van der Waals surface area (Å²) in [6.45, 7) is 6.20. The van der Waals surface area contributed by atoms with Gasteiger partial charge in [-0.05, 0) is 15.9 Å². The lowest BCUT2D eigenvalue weighted by atomic mass is 10.2. The molecule has 2 aliphatic rings. The molecule has 0 unspecified atom stereocenters. The number of aryl methyl sites for hydroxylation is 1. The Kier molecular flexibility index (Phi) is 5.52. The van der Waals surface area contributed by atoms with Gasteiger partial charge in [0.25, 0.3) is 5.56 Å². The van der Waals surface area contributed by atoms with Crippen molar-refractivity contribution in [1.29, 1.82) is 0 Å². The van der Waals surface area contributed by atoms with E-state index in [-0.39, 0.29) is 11.5 Å². The van der Waals surface area contributed by atoms with Crippen LogP contribution in [0.4, 0.5) is 5.69 Å². The number of anilines is 1. The van der Waals surface area contributed by atoms with Crippen LogP contribution >= 0.6 is 15.9 Å². The fourth-order valence-electron chi connectivity index (χ4n) is 2.97. The first-order valence-corrected chi connectivity index (χ1v) is 8.90. The SMILES string of the molecule is Cn1ncc(N2CCN(C(=O)CN3CCOCC3)CC2)c(Br)c1=O. The maximum Gasteiger partial charge on any atom is 0.282 e. The quantitative estimate of drug-likeness (QED) is 0.683. The maximum atomic E-state index is 12.4. The van der Waals surface area contributed by atoms with Gasteiger partial charge in [0.05, 0.1) is 31.6 Å². The van der Waals surface area contributed by atoms with E-state index >= 15 is 0 Å². The topological polar surface area (TPSA) is 70.9 Å². The molecule has 3 heterocycles. The van der Waals surface area contributed by atoms with E-state index in [0.29, 0.717) is 50.4 Å². The highest BCUT2D eigenvalue weighted by Gasteiger charge is 2.25. The van der Waals surface area contributed by atoms with Crippen LogP contribution in [0.2, 0.25) is 0 Å². The number of nitrogens with zero attached hydrogens (tertiary/aromatic N) is 5. The second-order valence-electron chi connectivity index (χ2n) is 6.03. The zero-order chi connectivity index (χ0) is 17.1. The van der Waals surface area contributed by atoms with Crippen molar-refractivity contribution in [3.63, 3.8) is 0 Å². The first-order valence-electron chi connectivity index (χ1n) is 8.11. The van der Waals surface area contributed by atoms with Crippen molar-refractivity contribution in [3.8, 4) is 0 Å². The zero-order valence-electron chi connectivity index (χ0n) is 13.8. The van der Waals surface area contributed by atoms with Crippen molar-refractivity contribution in [2.45, 2.75) is 0 Å². The molecule has 2 aliphatic heterocycles. The molecule has 0 saturated carbocycles. The van der Waals surface area contributed by atoms with Gasteiger partial charge in [-0.3, -0.25) is 14.5 Å². The normalized spacial score (nSPS) is 19.6. The number of hydrogen-bond donors (Lipinski definition) is 0. The number of hydrogen-bond acceptors (Lipinski definition) is 6. The second-order valence-corrected chi connectivity index (χ2v) is 6.82. The summed E-state index contributed by atoms with van der Waals surface area (Å²) in [7, 11) is 1.62. The molecule has 1 aromatic rings. The van der Waals surface area contributed by atoms with Crippen molar-refractivity contribution < 1.29 is 9.53 Å². The lowest BCUT2D eigenvalue weighted by molar-refractivity contribution is -0.133. The minimum atomic E-state index is -0.154. The summed E-state index contributed by atoms with van der Waals surface area (Å²) < 4.78 is 7.13. The number of carbonyl (C=O) groups is 1. The summed E-state index contributed by atoms with van der Waals surface area (Å²) in [6.07, 6.45) is 1.69. The Morgan fingerprint density at radius 3 is 2.54 bits per heavy atom. The Morgan fingerprint density at radius 1 is 1.21 bits per heavy atom. The van der Waals surface area contributed by atoms with Crippen LogP contribution in [0.15, 0.2) is 15.5 Å². The van der Waals surface area contributed by atoms with Gasteiger partial charge >= 0.3 is 0 Å². The van der Waals surface area contributed by atoms with Gasteiger partial charge in [-0.15, -0.1) is 0 Å². The van der Waals surface area contributed by atoms with Gasteiger partial charge in [-0.1, -0.05) is 0 Å². The highest BCUT2D eigenvalue weighted by atomic mass is 79.9. The van der Waals surface area contributed by atoms with E-state index in [1.807, 2.05) is 4.90 Å². The van der Waals surface area contributed by atoms with Gasteiger partial charge in [0.1, 0.15) is 4.47 Å². The molecule has 0 aliphatic carbocycles. The number of halogens is 1. The lowest BCUT2D eigenvalue weighted by Gasteiger charge is -2.37. The third-order valence-corrected chi connectivity index (χ3v) is 5.24. The summed E-state index contributed by atoms with van der Waals surface area (Å²) in [5.41, 5.74) is 0.636. The summed E-state index contributed by atoms with van der Waals surface area (Å²) in [5, 5.41) is 4.08. The minimum Gasteiger partial charge on any atom is -0.379 e. The van der Waals surface area contributed by atoms with Crippen molar-refractivity contribution >= 4 is 27.5 Å². The molecule has 0 atom stereocenters. The molecular formula is C15H22BrN5O3. The number of carbonyl (C=O) groups excluding carboxylic acids is 1. The van der Waals surface area contributed by atoms with Crippen molar-refractivity contribution in [1.82, 2.24) is 19.6 Å². The van der Waals surface area contributed by atoms with Gasteiger partial charge in [-0.25, -0.2) is 4.68 Å². The summed E-state index contributed by atoms with van der Waals surface area (Å²) in [5.74, 6) is 0.165. The van der Waals surface area contributed by atoms with Crippen LogP contribution in [-0.4, -0.2) is 84.5 Å². The van der Waals surface area contributed by atoms with Crippen LogP contribution in [0.1, 0.15) is 0 Å². The molecule has 0 radical (unpaired) electrons. The number of piperazine rings is 1. The Labute approximate surface area is 149 Å². The van der Waals surface area contributed by atoms with Gasteiger partial charge in [0.15, 0.2) is 0 Å². The second kappa shape index (κ2) is 7.62. The number of morpholine rings is 1. The highest BCUT2D eigenvalue weighted by Crippen LogP contribution is 2.22. The number of rotatable bonds is 3. The van der Waals surface area contributed by atoms with Crippen molar-refractivity contribution in [2.75, 3.05) is 63.9 Å². The number of aromatic nitrogens is 2. The fourth-order valence-corrected chi connectivity index (χ4v) is 3.58. The smallest absolute Gasteiger partial charge is 0.282 e. The maximum absolute atomic E-state index is 12.4. The predicted molar refractivity (Wildman–Crippen MR) is 93.2 cm³/mol. The molecule has 0 N–H and O–H groups in total. The van der Waals surface area contributed by atoms with Crippen molar-refractivity contribution in [2.24, 2.45) is 7.05 Å². The number of ether oxygens (including phenoxy) is 1. The molecule has 9 heteroatoms. The average molecular weight is 400 g/mol. The van der Waals surface area contributed by atoms with Crippen LogP contribution in [0.5, 0.6) is 0 Å². The lowest BCUT2D eigenvalue weighted by Crippen LogP contribution is -2.52. The van der Waals surface area contributed by atoms with Crippen LogP contribution < -0.4 is 10.5 Å². The standard InChI is InChI=1S/C15H22BrN5O3/c1-18-15(23)14(16)12(10-17-18)20-2-4-21(5-3-20)13(22)11-19-6-8-24-9-7-19/h10H,2-9,11H2,1H3. The minimum absolute atomic E-state index is 0.154. The Bertz CT molecular complexity index is 651. The van der Waals surface area contributed by atoms with Crippen LogP contribution in [-0.2, 0) is 16.6 Å². The molecule has 1 amide bonds. The van der Waals surface area contributed by atoms with E-state index in [4.69, 9.17) is 4.74 Å². The van der Waals surface area contributed by atoms with E-state index in [0.717, 1.165) is 18.8 Å². The molecule has 0 aromatic carbocycles. The Hall–Kier alpha value is -1.45. The van der Waals surface area contributed by atoms with E-state index in [9.17, 15) is 9.59 Å². The zero-order valence-corrected chi connectivity index (χ0v) is 15.4. The largest absolute Gasteiger partial charge is 0.379 e. The Morgan fingerprint density at radius 2 is 1.88 bits per heavy atom. The monoisotopic (exact) mass is 399 g/mol. The van der Waals surface area contributed by atoms with Gasteiger partial charge < -0.3 is 14.5 Å². The first kappa shape index (κ1) is 17.4. The fraction of sp³-hybridized carbons (Fsp3) is 0.667. The highest BCUT2D eigenvalue weighted by molar-refractivity contribution is 9.10. The molecule has 0 bridgehead atoms. The molecule has 1 aromatic heterocycles. The van der Waals surface area contributed by atoms with Gasteiger partial charge in [0.2, 0.25) is 5.91 Å². The molecule has 0 spiro atoms. The number of amides is 1. The third kappa shape index (κ3) is 3.79. The van der Waals surface area contributed by atoms with Crippen LogP contribution in [0, 0.1) is 0 Å². The Balaban J connectivity index is 1.56. The summed E-state index contributed by atoms with van der Waals surface area (Å²) >= 11 is 3.36. The van der Waals surface area contributed by atoms with E-state index in [2.05, 4.69) is 30.8 Å². The van der Waals surface area contributed by atoms with Gasteiger partial charge in [0, 0.05) is 46.3 Å². The molecule has 8 nitrogen and oxygen atoms in total. The first-order chi connectivity index (χ1) is 11.6. The molecule has 132 valence electrons. The van der Waals surface area contributed by atoms with Crippen molar-refractivity contribution in [3.05, 3.63) is 21.0 Å². The van der Waals surface area contributed by atoms with E-state index < -0.39 is 0 Å². The molecule has 2 fully saturated rings. The van der Waals surface area contributed by atoms with Crippen LogP contribution in [0.25, 0.3) is 0 Å². The average Bonchev–Trinajstić information content (AvgIpc) is 2.61. The van der Waals surface area contributed by atoms with Crippen LogP contribution in [0.3, 0.4) is 0 Å². The molecule has 2 saturated heterocycles. The molecule has 24 heavy (non-hydrogen) atoms. The van der Waals surface area contributed by atoms with E-state index in [1.54, 1.807) is 13.2 Å². The molecular weight excluding hydrogens is 378 g/mol. The predicted octanol–water partition coefficient (Wildman–Crippen LogP) is -0.476. The van der Waals surface area contributed by atoms with Gasteiger partial charge in [-0.2, -0.15) is 5.10 Å².